The SMILES string of the molecule is Cc1nn(C)c(C)c1[C@@H]1CCCN1Cc1nnsc1Cl. The van der Waals surface area contributed by atoms with E-state index in [9.17, 15) is 0 Å². The van der Waals surface area contributed by atoms with Crippen molar-refractivity contribution in [3.63, 3.8) is 0 Å². The fourth-order valence-electron chi connectivity index (χ4n) is 3.10. The van der Waals surface area contributed by atoms with Crippen LogP contribution in [-0.2, 0) is 13.6 Å². The fraction of sp³-hybridized carbons (Fsp3) is 0.615. The van der Waals surface area contributed by atoms with Crippen molar-refractivity contribution in [3.8, 4) is 0 Å². The van der Waals surface area contributed by atoms with E-state index < -0.39 is 0 Å². The second-order valence-electron chi connectivity index (χ2n) is 5.33. The van der Waals surface area contributed by atoms with Gasteiger partial charge in [0.15, 0.2) is 0 Å². The van der Waals surface area contributed by atoms with Crippen molar-refractivity contribution in [2.75, 3.05) is 6.54 Å². The first-order valence-electron chi connectivity index (χ1n) is 6.78. The van der Waals surface area contributed by atoms with Gasteiger partial charge in [-0.05, 0) is 33.2 Å². The second kappa shape index (κ2) is 5.42. The summed E-state index contributed by atoms with van der Waals surface area (Å²) in [6.45, 7) is 6.08. The summed E-state index contributed by atoms with van der Waals surface area (Å²) in [6, 6.07) is 0.418. The number of hydrogen-bond donors (Lipinski definition) is 0. The number of halogens is 1. The van der Waals surface area contributed by atoms with Crippen LogP contribution >= 0.6 is 23.1 Å². The molecule has 7 heteroatoms. The van der Waals surface area contributed by atoms with Gasteiger partial charge in [0.1, 0.15) is 10.0 Å². The first-order chi connectivity index (χ1) is 9.58. The van der Waals surface area contributed by atoms with E-state index >= 15 is 0 Å². The molecule has 1 saturated heterocycles. The Labute approximate surface area is 127 Å². The van der Waals surface area contributed by atoms with Gasteiger partial charge in [0.05, 0.1) is 5.69 Å². The van der Waals surface area contributed by atoms with Gasteiger partial charge in [0.2, 0.25) is 0 Å². The van der Waals surface area contributed by atoms with Crippen LogP contribution in [0, 0.1) is 13.8 Å². The summed E-state index contributed by atoms with van der Waals surface area (Å²) in [6.07, 6.45) is 2.37. The molecular formula is C13H18ClN5S. The molecule has 2 aromatic rings. The minimum Gasteiger partial charge on any atom is -0.290 e. The lowest BCUT2D eigenvalue weighted by atomic mass is 10.0. The highest BCUT2D eigenvalue weighted by molar-refractivity contribution is 7.10. The second-order valence-corrected chi connectivity index (χ2v) is 6.69. The summed E-state index contributed by atoms with van der Waals surface area (Å²) in [7, 11) is 2.01. The normalized spacial score (nSPS) is 19.9. The number of rotatable bonds is 3. The van der Waals surface area contributed by atoms with E-state index in [4.69, 9.17) is 11.6 Å². The van der Waals surface area contributed by atoms with Gasteiger partial charge in [-0.3, -0.25) is 9.58 Å². The maximum Gasteiger partial charge on any atom is 0.138 e. The number of aromatic nitrogens is 4. The Hall–Kier alpha value is -0.980. The smallest absolute Gasteiger partial charge is 0.138 e. The van der Waals surface area contributed by atoms with E-state index in [0.717, 1.165) is 24.5 Å². The van der Waals surface area contributed by atoms with E-state index in [1.165, 1.54) is 35.6 Å². The van der Waals surface area contributed by atoms with Crippen LogP contribution in [0.25, 0.3) is 0 Å². The van der Waals surface area contributed by atoms with E-state index in [1.54, 1.807) is 0 Å². The van der Waals surface area contributed by atoms with Gasteiger partial charge >= 0.3 is 0 Å². The van der Waals surface area contributed by atoms with Crippen molar-refractivity contribution in [2.45, 2.75) is 39.3 Å². The molecule has 0 bridgehead atoms. The van der Waals surface area contributed by atoms with Crippen LogP contribution in [-0.4, -0.2) is 30.8 Å². The van der Waals surface area contributed by atoms with Gasteiger partial charge in [-0.2, -0.15) is 5.10 Å². The molecule has 0 spiro atoms. The third-order valence-corrected chi connectivity index (χ3v) is 5.11. The van der Waals surface area contributed by atoms with Crippen molar-refractivity contribution in [3.05, 3.63) is 27.0 Å². The number of nitrogens with zero attached hydrogens (tertiary/aromatic N) is 5. The van der Waals surface area contributed by atoms with Crippen molar-refractivity contribution >= 4 is 23.1 Å². The van der Waals surface area contributed by atoms with E-state index in [1.807, 2.05) is 11.7 Å². The van der Waals surface area contributed by atoms with E-state index in [0.29, 0.717) is 10.4 Å². The zero-order valence-corrected chi connectivity index (χ0v) is 13.5. The highest BCUT2D eigenvalue weighted by Crippen LogP contribution is 2.36. The summed E-state index contributed by atoms with van der Waals surface area (Å²) in [5.41, 5.74) is 4.64. The molecule has 1 fully saturated rings. The average molecular weight is 312 g/mol. The molecule has 1 aliphatic rings. The average Bonchev–Trinajstić information content (AvgIpc) is 3.06. The van der Waals surface area contributed by atoms with Crippen LogP contribution in [0.5, 0.6) is 0 Å². The lowest BCUT2D eigenvalue weighted by Crippen LogP contribution is -2.24. The predicted molar refractivity (Wildman–Crippen MR) is 80.0 cm³/mol. The van der Waals surface area contributed by atoms with Crippen molar-refractivity contribution < 1.29 is 0 Å². The van der Waals surface area contributed by atoms with Gasteiger partial charge in [0.25, 0.3) is 0 Å². The molecule has 0 radical (unpaired) electrons. The molecule has 0 aromatic carbocycles. The minimum absolute atomic E-state index is 0.418. The molecule has 3 rings (SSSR count). The first-order valence-corrected chi connectivity index (χ1v) is 7.94. The largest absolute Gasteiger partial charge is 0.290 e. The molecule has 0 aliphatic carbocycles. The predicted octanol–water partition coefficient (Wildman–Crippen LogP) is 2.88. The highest BCUT2D eigenvalue weighted by Gasteiger charge is 2.31. The molecule has 0 saturated carbocycles. The van der Waals surface area contributed by atoms with Gasteiger partial charge in [-0.25, -0.2) is 0 Å². The summed E-state index contributed by atoms with van der Waals surface area (Å²) < 4.78 is 6.59. The Morgan fingerprint density at radius 1 is 1.40 bits per heavy atom. The third-order valence-electron chi connectivity index (χ3n) is 4.12. The molecule has 0 N–H and O–H groups in total. The Bertz CT molecular complexity index is 620. The lowest BCUT2D eigenvalue weighted by molar-refractivity contribution is 0.244. The summed E-state index contributed by atoms with van der Waals surface area (Å²) in [5, 5.41) is 8.67. The van der Waals surface area contributed by atoms with Crippen LogP contribution in [0.2, 0.25) is 4.34 Å². The molecular weight excluding hydrogens is 294 g/mol. The summed E-state index contributed by atoms with van der Waals surface area (Å²) in [5.74, 6) is 0. The molecule has 0 amide bonds. The van der Waals surface area contributed by atoms with Crippen LogP contribution in [0.15, 0.2) is 0 Å². The lowest BCUT2D eigenvalue weighted by Gasteiger charge is -2.24. The fourth-order valence-corrected chi connectivity index (χ4v) is 3.71. The molecule has 2 aromatic heterocycles. The first kappa shape index (κ1) is 14.0. The molecule has 5 nitrogen and oxygen atoms in total. The van der Waals surface area contributed by atoms with Crippen molar-refractivity contribution in [2.24, 2.45) is 7.05 Å². The Morgan fingerprint density at radius 2 is 2.20 bits per heavy atom. The van der Waals surface area contributed by atoms with Gasteiger partial charge in [-0.1, -0.05) is 16.1 Å². The molecule has 1 atom stereocenters. The van der Waals surface area contributed by atoms with Crippen LogP contribution in [0.1, 0.15) is 41.5 Å². The zero-order chi connectivity index (χ0) is 14.3. The number of likely N-dealkylation sites (tertiary alicyclic amines) is 1. The van der Waals surface area contributed by atoms with Crippen LogP contribution < -0.4 is 0 Å². The number of aryl methyl sites for hydroxylation is 2. The quantitative estimate of drug-likeness (QED) is 0.874. The van der Waals surface area contributed by atoms with Crippen LogP contribution in [0.4, 0.5) is 0 Å². The van der Waals surface area contributed by atoms with E-state index in [-0.39, 0.29) is 0 Å². The van der Waals surface area contributed by atoms with Gasteiger partial charge in [0, 0.05) is 42.4 Å². The Kier molecular flexibility index (Phi) is 3.79. The number of hydrogen-bond acceptors (Lipinski definition) is 5. The highest BCUT2D eigenvalue weighted by atomic mass is 35.5. The standard InChI is InChI=1S/C13H18ClN5S/c1-8-12(9(2)18(3)16-8)11-5-4-6-19(11)7-10-13(14)20-17-15-10/h11H,4-7H2,1-3H3/t11-/m0/s1. The summed E-state index contributed by atoms with van der Waals surface area (Å²) in [4.78, 5) is 2.44. The van der Waals surface area contributed by atoms with Crippen molar-refractivity contribution in [1.82, 2.24) is 24.3 Å². The van der Waals surface area contributed by atoms with Gasteiger partial charge in [-0.15, -0.1) is 5.10 Å². The Morgan fingerprint density at radius 3 is 2.80 bits per heavy atom. The molecule has 3 heterocycles. The summed E-state index contributed by atoms with van der Waals surface area (Å²) >= 11 is 7.39. The molecule has 20 heavy (non-hydrogen) atoms. The third kappa shape index (κ3) is 2.36. The minimum atomic E-state index is 0.418. The van der Waals surface area contributed by atoms with Crippen molar-refractivity contribution in [1.29, 1.82) is 0 Å². The molecule has 108 valence electrons. The monoisotopic (exact) mass is 311 g/mol. The van der Waals surface area contributed by atoms with E-state index in [2.05, 4.69) is 33.4 Å². The zero-order valence-electron chi connectivity index (χ0n) is 11.9. The molecule has 1 aliphatic heterocycles. The maximum absolute atomic E-state index is 6.13. The van der Waals surface area contributed by atoms with Gasteiger partial charge < -0.3 is 0 Å². The Balaban J connectivity index is 1.87. The molecule has 0 unspecified atom stereocenters. The van der Waals surface area contributed by atoms with Crippen LogP contribution in [0.3, 0.4) is 0 Å². The topological polar surface area (TPSA) is 46.8 Å². The maximum atomic E-state index is 6.13.